The van der Waals surface area contributed by atoms with Crippen molar-refractivity contribution in [2.24, 2.45) is 0 Å². The fraction of sp³-hybridized carbons (Fsp3) is 0. The van der Waals surface area contributed by atoms with E-state index < -0.39 is 5.91 Å². The third-order valence-electron chi connectivity index (χ3n) is 3.45. The lowest BCUT2D eigenvalue weighted by Crippen LogP contribution is -2.13. The molecule has 3 rings (SSSR count). The van der Waals surface area contributed by atoms with E-state index in [9.17, 15) is 10.1 Å². The monoisotopic (exact) mass is 341 g/mol. The molecule has 1 N–H and O–H groups in total. The molecule has 0 unspecified atom stereocenters. The lowest BCUT2D eigenvalue weighted by molar-refractivity contribution is -0.112. The van der Waals surface area contributed by atoms with Crippen molar-refractivity contribution in [1.29, 1.82) is 5.26 Å². The van der Waals surface area contributed by atoms with Crippen LogP contribution >= 0.6 is 0 Å². The fourth-order valence-electron chi connectivity index (χ4n) is 2.21. The van der Waals surface area contributed by atoms with Crippen LogP contribution < -0.4 is 10.1 Å². The number of hydrogen-bond donors (Lipinski definition) is 1. The molecule has 5 nitrogen and oxygen atoms in total. The molecule has 1 heterocycles. The predicted molar refractivity (Wildman–Crippen MR) is 99.4 cm³/mol. The lowest BCUT2D eigenvalue weighted by Gasteiger charge is -2.08. The molecular formula is C21H15N3O2. The Balaban J connectivity index is 1.67. The number of carbonyl (C=O) groups excluding carboxylic acids is 1. The van der Waals surface area contributed by atoms with Gasteiger partial charge in [-0.05, 0) is 54.1 Å². The van der Waals surface area contributed by atoms with E-state index in [0.29, 0.717) is 17.0 Å². The zero-order valence-corrected chi connectivity index (χ0v) is 13.8. The highest BCUT2D eigenvalue weighted by molar-refractivity contribution is 6.09. The van der Waals surface area contributed by atoms with Crippen LogP contribution in [0.2, 0.25) is 0 Å². The first-order valence-corrected chi connectivity index (χ1v) is 7.91. The number of aromatic nitrogens is 1. The molecule has 0 saturated carbocycles. The van der Waals surface area contributed by atoms with Crippen molar-refractivity contribution in [1.82, 2.24) is 4.98 Å². The van der Waals surface area contributed by atoms with Gasteiger partial charge in [0.2, 0.25) is 0 Å². The molecule has 5 heteroatoms. The fourth-order valence-corrected chi connectivity index (χ4v) is 2.21. The van der Waals surface area contributed by atoms with E-state index in [1.807, 2.05) is 36.4 Å². The quantitative estimate of drug-likeness (QED) is 0.550. The highest BCUT2D eigenvalue weighted by Gasteiger charge is 2.09. The molecule has 0 spiro atoms. The SMILES string of the molecule is N#CC(=Cc1cccnc1)C(=O)Nc1ccc(Oc2ccccc2)cc1. The van der Waals surface area contributed by atoms with Crippen LogP contribution in [-0.4, -0.2) is 10.9 Å². The molecule has 0 aliphatic rings. The summed E-state index contributed by atoms with van der Waals surface area (Å²) in [5.41, 5.74) is 1.26. The first-order valence-electron chi connectivity index (χ1n) is 7.91. The Bertz CT molecular complexity index is 944. The number of nitrogens with one attached hydrogen (secondary N) is 1. The summed E-state index contributed by atoms with van der Waals surface area (Å²) >= 11 is 0. The zero-order valence-electron chi connectivity index (χ0n) is 13.8. The van der Waals surface area contributed by atoms with Crippen LogP contribution in [-0.2, 0) is 4.79 Å². The van der Waals surface area contributed by atoms with Crippen molar-refractivity contribution in [3.8, 4) is 17.6 Å². The van der Waals surface area contributed by atoms with Crippen LogP contribution in [0.3, 0.4) is 0 Å². The van der Waals surface area contributed by atoms with Crippen LogP contribution in [0.5, 0.6) is 11.5 Å². The molecule has 2 aromatic carbocycles. The van der Waals surface area contributed by atoms with Gasteiger partial charge in [0, 0.05) is 18.1 Å². The smallest absolute Gasteiger partial charge is 0.266 e. The lowest BCUT2D eigenvalue weighted by atomic mass is 10.1. The molecule has 0 aliphatic heterocycles. The van der Waals surface area contributed by atoms with Gasteiger partial charge in [0.25, 0.3) is 5.91 Å². The third kappa shape index (κ3) is 4.56. The molecule has 26 heavy (non-hydrogen) atoms. The number of hydrogen-bond acceptors (Lipinski definition) is 4. The average Bonchev–Trinajstić information content (AvgIpc) is 2.69. The van der Waals surface area contributed by atoms with Gasteiger partial charge < -0.3 is 10.1 Å². The summed E-state index contributed by atoms with van der Waals surface area (Å²) in [6.07, 6.45) is 4.71. The van der Waals surface area contributed by atoms with Crippen LogP contribution in [0, 0.1) is 11.3 Å². The van der Waals surface area contributed by atoms with E-state index >= 15 is 0 Å². The Labute approximate surface area is 151 Å². The van der Waals surface area contributed by atoms with E-state index in [1.54, 1.807) is 48.8 Å². The van der Waals surface area contributed by atoms with Crippen LogP contribution in [0.1, 0.15) is 5.56 Å². The van der Waals surface area contributed by atoms with Gasteiger partial charge in [-0.2, -0.15) is 5.26 Å². The van der Waals surface area contributed by atoms with Crippen molar-refractivity contribution >= 4 is 17.7 Å². The van der Waals surface area contributed by atoms with Gasteiger partial charge in [0.15, 0.2) is 0 Å². The number of benzene rings is 2. The second-order valence-corrected chi connectivity index (χ2v) is 5.35. The molecule has 0 saturated heterocycles. The molecule has 0 radical (unpaired) electrons. The maximum Gasteiger partial charge on any atom is 0.266 e. The van der Waals surface area contributed by atoms with E-state index in [1.165, 1.54) is 6.08 Å². The summed E-state index contributed by atoms with van der Waals surface area (Å²) in [6, 6.07) is 21.8. The predicted octanol–water partition coefficient (Wildman–Crippen LogP) is 4.42. The molecule has 0 atom stereocenters. The van der Waals surface area contributed by atoms with Gasteiger partial charge in [-0.15, -0.1) is 0 Å². The Morgan fingerprint density at radius 2 is 1.73 bits per heavy atom. The highest BCUT2D eigenvalue weighted by atomic mass is 16.5. The number of amides is 1. The van der Waals surface area contributed by atoms with Gasteiger partial charge in [-0.25, -0.2) is 0 Å². The van der Waals surface area contributed by atoms with E-state index in [0.717, 1.165) is 5.75 Å². The summed E-state index contributed by atoms with van der Waals surface area (Å²) in [6.45, 7) is 0. The number of anilines is 1. The summed E-state index contributed by atoms with van der Waals surface area (Å²) in [5, 5.41) is 11.9. The summed E-state index contributed by atoms with van der Waals surface area (Å²) in [5.74, 6) is 0.907. The van der Waals surface area contributed by atoms with Gasteiger partial charge in [0.05, 0.1) is 0 Å². The van der Waals surface area contributed by atoms with Crippen molar-refractivity contribution in [3.05, 3.63) is 90.3 Å². The van der Waals surface area contributed by atoms with Crippen LogP contribution in [0.15, 0.2) is 84.7 Å². The minimum Gasteiger partial charge on any atom is -0.457 e. The van der Waals surface area contributed by atoms with E-state index in [-0.39, 0.29) is 5.57 Å². The number of rotatable bonds is 5. The number of ether oxygens (including phenoxy) is 1. The second-order valence-electron chi connectivity index (χ2n) is 5.35. The van der Waals surface area contributed by atoms with E-state index in [4.69, 9.17) is 4.74 Å². The molecular weight excluding hydrogens is 326 g/mol. The van der Waals surface area contributed by atoms with Crippen LogP contribution in [0.25, 0.3) is 6.08 Å². The average molecular weight is 341 g/mol. The van der Waals surface area contributed by atoms with Crippen molar-refractivity contribution in [3.63, 3.8) is 0 Å². The molecule has 0 fully saturated rings. The third-order valence-corrected chi connectivity index (χ3v) is 3.45. The Morgan fingerprint density at radius 1 is 1.00 bits per heavy atom. The molecule has 0 bridgehead atoms. The maximum absolute atomic E-state index is 12.3. The molecule has 1 aromatic heterocycles. The van der Waals surface area contributed by atoms with Crippen molar-refractivity contribution < 1.29 is 9.53 Å². The largest absolute Gasteiger partial charge is 0.457 e. The van der Waals surface area contributed by atoms with Crippen LogP contribution in [0.4, 0.5) is 5.69 Å². The number of para-hydroxylation sites is 1. The Kier molecular flexibility index (Phi) is 5.38. The summed E-state index contributed by atoms with van der Waals surface area (Å²) in [4.78, 5) is 16.2. The Hall–Kier alpha value is -3.91. The standard InChI is InChI=1S/C21H15N3O2/c22-14-17(13-16-5-4-12-23-15-16)21(25)24-18-8-10-20(11-9-18)26-19-6-2-1-3-7-19/h1-13,15H,(H,24,25). The van der Waals surface area contributed by atoms with Crippen molar-refractivity contribution in [2.45, 2.75) is 0 Å². The van der Waals surface area contributed by atoms with Gasteiger partial charge in [-0.3, -0.25) is 9.78 Å². The molecule has 3 aromatic rings. The zero-order chi connectivity index (χ0) is 18.2. The molecule has 0 aliphatic carbocycles. The topological polar surface area (TPSA) is 75.0 Å². The second kappa shape index (κ2) is 8.27. The number of pyridine rings is 1. The first kappa shape index (κ1) is 16.9. The first-order chi connectivity index (χ1) is 12.7. The van der Waals surface area contributed by atoms with Gasteiger partial charge in [0.1, 0.15) is 23.1 Å². The minimum absolute atomic E-state index is 0.00242. The van der Waals surface area contributed by atoms with Gasteiger partial charge in [-0.1, -0.05) is 24.3 Å². The van der Waals surface area contributed by atoms with Crippen molar-refractivity contribution in [2.75, 3.05) is 5.32 Å². The molecule has 126 valence electrons. The number of nitriles is 1. The number of nitrogens with zero attached hydrogens (tertiary/aromatic N) is 2. The Morgan fingerprint density at radius 3 is 2.38 bits per heavy atom. The van der Waals surface area contributed by atoms with E-state index in [2.05, 4.69) is 10.3 Å². The maximum atomic E-state index is 12.3. The van der Waals surface area contributed by atoms with Gasteiger partial charge >= 0.3 is 0 Å². The summed E-state index contributed by atoms with van der Waals surface area (Å²) < 4.78 is 5.70. The highest BCUT2D eigenvalue weighted by Crippen LogP contribution is 2.22. The normalized spacial score (nSPS) is 10.7. The molecule has 1 amide bonds. The minimum atomic E-state index is -0.479. The summed E-state index contributed by atoms with van der Waals surface area (Å²) in [7, 11) is 0. The number of carbonyl (C=O) groups is 1.